The first kappa shape index (κ1) is 14.0. The van der Waals surface area contributed by atoms with Gasteiger partial charge in [0.05, 0.1) is 10.6 Å². The number of halogens is 2. The molecule has 2 aromatic rings. The van der Waals surface area contributed by atoms with Crippen molar-refractivity contribution in [3.8, 4) is 5.75 Å². The quantitative estimate of drug-likeness (QED) is 0.851. The topological polar surface area (TPSA) is 66.4 Å². The van der Waals surface area contributed by atoms with Crippen LogP contribution >= 0.6 is 23.2 Å². The lowest BCUT2D eigenvalue weighted by Gasteiger charge is -2.10. The van der Waals surface area contributed by atoms with Crippen molar-refractivity contribution >= 4 is 38.9 Å². The summed E-state index contributed by atoms with van der Waals surface area (Å²) < 4.78 is 26.5. The molecule has 0 radical (unpaired) electrons. The summed E-state index contributed by atoms with van der Waals surface area (Å²) in [5, 5.41) is 9.98. The molecule has 0 atom stereocenters. The smallest absolute Gasteiger partial charge is 0.262 e. The first-order chi connectivity index (χ1) is 8.88. The van der Waals surface area contributed by atoms with E-state index in [9.17, 15) is 13.5 Å². The van der Waals surface area contributed by atoms with Gasteiger partial charge in [-0.15, -0.1) is 0 Å². The average Bonchev–Trinajstić information content (AvgIpc) is 2.31. The van der Waals surface area contributed by atoms with E-state index < -0.39 is 10.0 Å². The van der Waals surface area contributed by atoms with Crippen LogP contribution in [0.1, 0.15) is 0 Å². The summed E-state index contributed by atoms with van der Waals surface area (Å²) in [6.07, 6.45) is 0. The SMILES string of the molecule is O=S(=O)(Nc1ccccc1O)c1cc(Cl)cc(Cl)c1. The Hall–Kier alpha value is -1.43. The van der Waals surface area contributed by atoms with Gasteiger partial charge in [0.1, 0.15) is 5.75 Å². The number of sulfonamides is 1. The third-order valence-electron chi connectivity index (χ3n) is 2.29. The van der Waals surface area contributed by atoms with Crippen molar-refractivity contribution in [2.24, 2.45) is 0 Å². The molecule has 2 rings (SSSR count). The minimum Gasteiger partial charge on any atom is -0.506 e. The van der Waals surface area contributed by atoms with Crippen LogP contribution in [0.2, 0.25) is 10.0 Å². The molecule has 19 heavy (non-hydrogen) atoms. The molecule has 0 aromatic heterocycles. The average molecular weight is 318 g/mol. The van der Waals surface area contributed by atoms with Crippen molar-refractivity contribution in [3.63, 3.8) is 0 Å². The van der Waals surface area contributed by atoms with Crippen molar-refractivity contribution in [3.05, 3.63) is 52.5 Å². The lowest BCUT2D eigenvalue weighted by atomic mass is 10.3. The minimum atomic E-state index is -3.86. The van der Waals surface area contributed by atoms with Crippen molar-refractivity contribution in [2.75, 3.05) is 4.72 Å². The van der Waals surface area contributed by atoms with Gasteiger partial charge in [0.15, 0.2) is 0 Å². The van der Waals surface area contributed by atoms with Gasteiger partial charge in [-0.2, -0.15) is 0 Å². The highest BCUT2D eigenvalue weighted by molar-refractivity contribution is 7.92. The molecule has 0 aliphatic heterocycles. The van der Waals surface area contributed by atoms with Crippen molar-refractivity contribution in [1.29, 1.82) is 0 Å². The maximum atomic E-state index is 12.1. The summed E-state index contributed by atoms with van der Waals surface area (Å²) in [6.45, 7) is 0. The molecule has 2 N–H and O–H groups in total. The normalized spacial score (nSPS) is 11.3. The first-order valence-corrected chi connectivity index (χ1v) is 7.39. The largest absolute Gasteiger partial charge is 0.506 e. The molecule has 2 aromatic carbocycles. The Morgan fingerprint density at radius 2 is 1.58 bits per heavy atom. The number of para-hydroxylation sites is 2. The van der Waals surface area contributed by atoms with Gasteiger partial charge in [-0.3, -0.25) is 4.72 Å². The van der Waals surface area contributed by atoms with Crippen LogP contribution < -0.4 is 4.72 Å². The Bertz CT molecular complexity index is 696. The van der Waals surface area contributed by atoms with Crippen LogP contribution in [0, 0.1) is 0 Å². The summed E-state index contributed by atoms with van der Waals surface area (Å²) in [5.74, 6) is -0.167. The summed E-state index contributed by atoms with van der Waals surface area (Å²) in [6, 6.07) is 9.99. The molecule has 0 aliphatic rings. The number of benzene rings is 2. The fraction of sp³-hybridized carbons (Fsp3) is 0. The number of phenolic OH excluding ortho intramolecular Hbond substituents is 1. The van der Waals surface area contributed by atoms with Gasteiger partial charge in [-0.1, -0.05) is 35.3 Å². The van der Waals surface area contributed by atoms with Crippen LogP contribution in [0.5, 0.6) is 5.75 Å². The molecular formula is C12H9Cl2NO3S. The van der Waals surface area contributed by atoms with E-state index >= 15 is 0 Å². The molecule has 0 saturated carbocycles. The minimum absolute atomic E-state index is 0.0757. The molecule has 0 aliphatic carbocycles. The van der Waals surface area contributed by atoms with Crippen LogP contribution in [0.15, 0.2) is 47.4 Å². The van der Waals surface area contributed by atoms with E-state index in [1.165, 1.54) is 30.3 Å². The maximum absolute atomic E-state index is 12.1. The summed E-state index contributed by atoms with van der Waals surface area (Å²) in [5.41, 5.74) is 0.0820. The zero-order valence-electron chi connectivity index (χ0n) is 9.47. The number of aromatic hydroxyl groups is 1. The number of anilines is 1. The van der Waals surface area contributed by atoms with E-state index in [4.69, 9.17) is 23.2 Å². The van der Waals surface area contributed by atoms with Crippen molar-refractivity contribution in [2.45, 2.75) is 4.90 Å². The van der Waals surface area contributed by atoms with Crippen molar-refractivity contribution in [1.82, 2.24) is 0 Å². The van der Waals surface area contributed by atoms with Crippen LogP contribution in [0.4, 0.5) is 5.69 Å². The molecule has 0 unspecified atom stereocenters. The Kier molecular flexibility index (Phi) is 3.89. The summed E-state index contributed by atoms with van der Waals surface area (Å²) in [4.78, 5) is -0.0757. The predicted octanol–water partition coefficient (Wildman–Crippen LogP) is 3.50. The zero-order chi connectivity index (χ0) is 14.0. The monoisotopic (exact) mass is 317 g/mol. The molecule has 0 heterocycles. The Labute approximate surface area is 120 Å². The van der Waals surface area contributed by atoms with Crippen LogP contribution in [0.3, 0.4) is 0 Å². The number of rotatable bonds is 3. The predicted molar refractivity (Wildman–Crippen MR) is 75.4 cm³/mol. The lowest BCUT2D eigenvalue weighted by molar-refractivity contribution is 0.477. The Morgan fingerprint density at radius 1 is 1.00 bits per heavy atom. The third kappa shape index (κ3) is 3.32. The fourth-order valence-electron chi connectivity index (χ4n) is 1.45. The van der Waals surface area contributed by atoms with Gasteiger partial charge in [-0.25, -0.2) is 8.42 Å². The van der Waals surface area contributed by atoms with E-state index in [1.54, 1.807) is 12.1 Å². The van der Waals surface area contributed by atoms with E-state index in [0.29, 0.717) is 0 Å². The Balaban J connectivity index is 2.41. The molecule has 0 fully saturated rings. The van der Waals surface area contributed by atoms with E-state index in [1.807, 2.05) is 0 Å². The molecule has 0 spiro atoms. The van der Waals surface area contributed by atoms with Gasteiger partial charge < -0.3 is 5.11 Å². The molecule has 0 amide bonds. The summed E-state index contributed by atoms with van der Waals surface area (Å²) in [7, 11) is -3.86. The van der Waals surface area contributed by atoms with Crippen LogP contribution in [-0.4, -0.2) is 13.5 Å². The molecular weight excluding hydrogens is 309 g/mol. The first-order valence-electron chi connectivity index (χ1n) is 5.15. The number of hydrogen-bond acceptors (Lipinski definition) is 3. The van der Waals surface area contributed by atoms with E-state index in [2.05, 4.69) is 4.72 Å². The van der Waals surface area contributed by atoms with Gasteiger partial charge in [0.2, 0.25) is 0 Å². The highest BCUT2D eigenvalue weighted by Crippen LogP contribution is 2.27. The highest BCUT2D eigenvalue weighted by Gasteiger charge is 2.17. The third-order valence-corrected chi connectivity index (χ3v) is 4.08. The zero-order valence-corrected chi connectivity index (χ0v) is 11.8. The summed E-state index contributed by atoms with van der Waals surface area (Å²) >= 11 is 11.5. The lowest BCUT2D eigenvalue weighted by Crippen LogP contribution is -2.13. The number of nitrogens with one attached hydrogen (secondary N) is 1. The maximum Gasteiger partial charge on any atom is 0.262 e. The van der Waals surface area contributed by atoms with Crippen molar-refractivity contribution < 1.29 is 13.5 Å². The molecule has 0 bridgehead atoms. The van der Waals surface area contributed by atoms with Crippen LogP contribution in [-0.2, 0) is 10.0 Å². The second-order valence-corrected chi connectivity index (χ2v) is 6.28. The second kappa shape index (κ2) is 5.28. The van der Waals surface area contributed by atoms with Gasteiger partial charge in [0.25, 0.3) is 10.0 Å². The fourth-order valence-corrected chi connectivity index (χ4v) is 3.25. The Morgan fingerprint density at radius 3 is 2.16 bits per heavy atom. The molecule has 4 nitrogen and oxygen atoms in total. The van der Waals surface area contributed by atoms with Gasteiger partial charge in [0, 0.05) is 10.0 Å². The van der Waals surface area contributed by atoms with E-state index in [0.717, 1.165) is 0 Å². The molecule has 7 heteroatoms. The van der Waals surface area contributed by atoms with Gasteiger partial charge in [-0.05, 0) is 30.3 Å². The number of phenols is 1. The highest BCUT2D eigenvalue weighted by atomic mass is 35.5. The second-order valence-electron chi connectivity index (χ2n) is 3.73. The standard InChI is InChI=1S/C12H9Cl2NO3S/c13-8-5-9(14)7-10(6-8)19(17,18)15-11-3-1-2-4-12(11)16/h1-7,15-16H. The van der Waals surface area contributed by atoms with E-state index in [-0.39, 0.29) is 26.4 Å². The van der Waals surface area contributed by atoms with Crippen LogP contribution in [0.25, 0.3) is 0 Å². The van der Waals surface area contributed by atoms with Gasteiger partial charge >= 0.3 is 0 Å². The number of hydrogen-bond donors (Lipinski definition) is 2. The molecule has 0 saturated heterocycles. The molecule has 100 valence electrons.